The quantitative estimate of drug-likeness (QED) is 0.694. The summed E-state index contributed by atoms with van der Waals surface area (Å²) in [6, 6.07) is -0.540. The van der Waals surface area contributed by atoms with Crippen LogP contribution in [0.3, 0.4) is 0 Å². The highest BCUT2D eigenvalue weighted by Crippen LogP contribution is 2.14. The third-order valence-electron chi connectivity index (χ3n) is 1.69. The molecule has 0 aliphatic heterocycles. The Kier molecular flexibility index (Phi) is 5.06. The maximum atomic E-state index is 10.8. The molecule has 0 aliphatic carbocycles. The first-order valence-corrected chi connectivity index (χ1v) is 5.57. The van der Waals surface area contributed by atoms with Gasteiger partial charge in [0.25, 0.3) is 0 Å². The molecule has 0 aromatic carbocycles. The Morgan fingerprint density at radius 2 is 2.47 bits per heavy atom. The van der Waals surface area contributed by atoms with Crippen molar-refractivity contribution in [1.82, 2.24) is 15.3 Å². The van der Waals surface area contributed by atoms with E-state index in [0.29, 0.717) is 12.3 Å². The first-order valence-electron chi connectivity index (χ1n) is 4.59. The molecule has 82 valence electrons. The van der Waals surface area contributed by atoms with Crippen LogP contribution in [-0.2, 0) is 4.79 Å². The van der Waals surface area contributed by atoms with Crippen LogP contribution in [0.2, 0.25) is 0 Å². The van der Waals surface area contributed by atoms with Gasteiger partial charge in [0.2, 0.25) is 0 Å². The number of aromatic nitrogens is 2. The second-order valence-electron chi connectivity index (χ2n) is 2.80. The van der Waals surface area contributed by atoms with Crippen LogP contribution in [0.4, 0.5) is 0 Å². The predicted molar refractivity (Wildman–Crippen MR) is 57.9 cm³/mol. The number of aliphatic carboxylic acids is 1. The van der Waals surface area contributed by atoms with Crippen LogP contribution in [0.15, 0.2) is 23.6 Å². The molecule has 5 nitrogen and oxygen atoms in total. The molecule has 1 atom stereocenters. The topological polar surface area (TPSA) is 75.1 Å². The van der Waals surface area contributed by atoms with E-state index >= 15 is 0 Å². The molecule has 1 aromatic rings. The van der Waals surface area contributed by atoms with Crippen LogP contribution < -0.4 is 5.32 Å². The highest BCUT2D eigenvalue weighted by molar-refractivity contribution is 7.99. The van der Waals surface area contributed by atoms with Crippen molar-refractivity contribution in [2.45, 2.75) is 18.0 Å². The number of carboxylic acids is 1. The van der Waals surface area contributed by atoms with Gasteiger partial charge in [-0.1, -0.05) is 6.92 Å². The van der Waals surface area contributed by atoms with Crippen molar-refractivity contribution in [3.05, 3.63) is 18.6 Å². The van der Waals surface area contributed by atoms with Gasteiger partial charge in [-0.05, 0) is 6.54 Å². The molecule has 0 amide bonds. The SMILES string of the molecule is CCNC(CSc1cnccn1)C(=O)O. The average Bonchev–Trinajstić information content (AvgIpc) is 2.25. The number of hydrogen-bond donors (Lipinski definition) is 2. The van der Waals surface area contributed by atoms with Gasteiger partial charge in [-0.2, -0.15) is 0 Å². The minimum absolute atomic E-state index is 0.446. The Bertz CT molecular complexity index is 307. The van der Waals surface area contributed by atoms with Gasteiger partial charge >= 0.3 is 5.97 Å². The summed E-state index contributed by atoms with van der Waals surface area (Å²) in [5.74, 6) is -0.393. The van der Waals surface area contributed by atoms with E-state index in [1.807, 2.05) is 6.92 Å². The van der Waals surface area contributed by atoms with Crippen LogP contribution in [0.1, 0.15) is 6.92 Å². The van der Waals surface area contributed by atoms with E-state index in [1.54, 1.807) is 18.6 Å². The number of nitrogens with zero attached hydrogens (tertiary/aromatic N) is 2. The zero-order chi connectivity index (χ0) is 11.1. The molecule has 1 unspecified atom stereocenters. The molecule has 1 rings (SSSR count). The van der Waals surface area contributed by atoms with Gasteiger partial charge in [0.05, 0.1) is 6.20 Å². The van der Waals surface area contributed by atoms with Crippen LogP contribution in [0.25, 0.3) is 0 Å². The molecule has 0 bridgehead atoms. The van der Waals surface area contributed by atoms with Crippen molar-refractivity contribution in [1.29, 1.82) is 0 Å². The maximum absolute atomic E-state index is 10.8. The standard InChI is InChI=1S/C9H13N3O2S/c1-2-11-7(9(13)14)6-15-8-5-10-3-4-12-8/h3-5,7,11H,2,6H2,1H3,(H,13,14). The number of rotatable bonds is 6. The Hall–Kier alpha value is -1.14. The zero-order valence-corrected chi connectivity index (χ0v) is 9.20. The molecule has 15 heavy (non-hydrogen) atoms. The Labute approximate surface area is 92.3 Å². The molecule has 0 saturated carbocycles. The van der Waals surface area contributed by atoms with Gasteiger partial charge in [0.15, 0.2) is 0 Å². The second-order valence-corrected chi connectivity index (χ2v) is 3.84. The molecule has 6 heteroatoms. The lowest BCUT2D eigenvalue weighted by Crippen LogP contribution is -2.38. The third kappa shape index (κ3) is 4.26. The van der Waals surface area contributed by atoms with Crippen molar-refractivity contribution >= 4 is 17.7 Å². The molecular weight excluding hydrogens is 214 g/mol. The van der Waals surface area contributed by atoms with Crippen LogP contribution in [0, 0.1) is 0 Å². The summed E-state index contributed by atoms with van der Waals surface area (Å²) in [7, 11) is 0. The van der Waals surface area contributed by atoms with Gasteiger partial charge in [-0.25, -0.2) is 4.98 Å². The average molecular weight is 227 g/mol. The minimum Gasteiger partial charge on any atom is -0.480 e. The Morgan fingerprint density at radius 1 is 1.67 bits per heavy atom. The Balaban J connectivity index is 2.43. The van der Waals surface area contributed by atoms with E-state index in [1.165, 1.54) is 11.8 Å². The van der Waals surface area contributed by atoms with E-state index in [9.17, 15) is 4.79 Å². The molecule has 1 aromatic heterocycles. The van der Waals surface area contributed by atoms with E-state index in [2.05, 4.69) is 15.3 Å². The van der Waals surface area contributed by atoms with Crippen LogP contribution >= 0.6 is 11.8 Å². The fourth-order valence-electron chi connectivity index (χ4n) is 0.993. The smallest absolute Gasteiger partial charge is 0.321 e. The molecule has 0 aliphatic rings. The molecule has 0 radical (unpaired) electrons. The second kappa shape index (κ2) is 6.36. The summed E-state index contributed by atoms with van der Waals surface area (Å²) < 4.78 is 0. The van der Waals surface area contributed by atoms with E-state index in [0.717, 1.165) is 5.03 Å². The largest absolute Gasteiger partial charge is 0.480 e. The van der Waals surface area contributed by atoms with Crippen molar-refractivity contribution in [2.75, 3.05) is 12.3 Å². The lowest BCUT2D eigenvalue weighted by atomic mass is 10.3. The fourth-order valence-corrected chi connectivity index (χ4v) is 1.86. The summed E-state index contributed by atoms with van der Waals surface area (Å²) in [6.07, 6.45) is 4.80. The summed E-state index contributed by atoms with van der Waals surface area (Å²) in [5, 5.41) is 12.5. The van der Waals surface area contributed by atoms with Gasteiger partial charge in [-0.15, -0.1) is 11.8 Å². The molecule has 2 N–H and O–H groups in total. The Morgan fingerprint density at radius 3 is 3.00 bits per heavy atom. The summed E-state index contributed by atoms with van der Waals surface area (Å²) in [4.78, 5) is 18.8. The van der Waals surface area contributed by atoms with E-state index in [4.69, 9.17) is 5.11 Å². The molecular formula is C9H13N3O2S. The van der Waals surface area contributed by atoms with Crippen molar-refractivity contribution in [2.24, 2.45) is 0 Å². The lowest BCUT2D eigenvalue weighted by molar-refractivity contribution is -0.138. The van der Waals surface area contributed by atoms with E-state index < -0.39 is 12.0 Å². The van der Waals surface area contributed by atoms with Crippen LogP contribution in [0.5, 0.6) is 0 Å². The molecule has 1 heterocycles. The molecule has 0 saturated heterocycles. The lowest BCUT2D eigenvalue weighted by Gasteiger charge is -2.11. The van der Waals surface area contributed by atoms with Crippen molar-refractivity contribution in [3.8, 4) is 0 Å². The number of carbonyl (C=O) groups is 1. The highest BCUT2D eigenvalue weighted by atomic mass is 32.2. The first kappa shape index (κ1) is 11.9. The first-order chi connectivity index (χ1) is 7.24. The molecule has 0 spiro atoms. The summed E-state index contributed by atoms with van der Waals surface area (Å²) >= 11 is 1.38. The third-order valence-corrected chi connectivity index (χ3v) is 2.69. The monoisotopic (exact) mass is 227 g/mol. The zero-order valence-electron chi connectivity index (χ0n) is 8.38. The van der Waals surface area contributed by atoms with Gasteiger partial charge < -0.3 is 10.4 Å². The summed E-state index contributed by atoms with van der Waals surface area (Å²) in [6.45, 7) is 2.51. The summed E-state index contributed by atoms with van der Waals surface area (Å²) in [5.41, 5.74) is 0. The normalized spacial score (nSPS) is 12.3. The maximum Gasteiger partial charge on any atom is 0.321 e. The highest BCUT2D eigenvalue weighted by Gasteiger charge is 2.16. The van der Waals surface area contributed by atoms with Gasteiger partial charge in [0, 0.05) is 18.1 Å². The van der Waals surface area contributed by atoms with Gasteiger partial charge in [0.1, 0.15) is 11.1 Å². The van der Waals surface area contributed by atoms with Crippen LogP contribution in [-0.4, -0.2) is 39.4 Å². The van der Waals surface area contributed by atoms with Crippen molar-refractivity contribution < 1.29 is 9.90 Å². The van der Waals surface area contributed by atoms with Gasteiger partial charge in [-0.3, -0.25) is 9.78 Å². The number of carboxylic acid groups (broad SMARTS) is 1. The number of likely N-dealkylation sites (N-methyl/N-ethyl adjacent to an activating group) is 1. The predicted octanol–water partition coefficient (Wildman–Crippen LogP) is 0.631. The number of thioether (sulfide) groups is 1. The number of hydrogen-bond acceptors (Lipinski definition) is 5. The van der Waals surface area contributed by atoms with E-state index in [-0.39, 0.29) is 0 Å². The minimum atomic E-state index is -0.840. The number of nitrogens with one attached hydrogen (secondary N) is 1. The van der Waals surface area contributed by atoms with Crippen molar-refractivity contribution in [3.63, 3.8) is 0 Å². The molecule has 0 fully saturated rings. The fraction of sp³-hybridized carbons (Fsp3) is 0.444.